The maximum absolute atomic E-state index is 12.9. The summed E-state index contributed by atoms with van der Waals surface area (Å²) in [5.41, 5.74) is 0. The van der Waals surface area contributed by atoms with Gasteiger partial charge in [0.2, 0.25) is 9.89 Å². The number of ether oxygens (including phenoxy) is 1. The topological polar surface area (TPSA) is 80.9 Å². The number of halogens is 1. The van der Waals surface area contributed by atoms with Crippen LogP contribution in [0, 0.1) is 4.78 Å². The Kier molecular flexibility index (Phi) is 5.77. The van der Waals surface area contributed by atoms with Crippen LogP contribution >= 0.6 is 15.9 Å². The SMILES string of the molecule is C[Si](C)(C)CCOCn1nc(Br)nc1S(=N)(=O)c1ccccc1. The maximum Gasteiger partial charge on any atom is 0.233 e. The molecular formula is C14H21BrN4O2SSi. The second kappa shape index (κ2) is 7.25. The summed E-state index contributed by atoms with van der Waals surface area (Å²) in [7, 11) is -4.39. The van der Waals surface area contributed by atoms with Crippen molar-refractivity contribution in [1.29, 1.82) is 4.78 Å². The molecular weight excluding hydrogens is 396 g/mol. The lowest BCUT2D eigenvalue weighted by Gasteiger charge is -2.15. The van der Waals surface area contributed by atoms with Gasteiger partial charge in [0.15, 0.2) is 0 Å². The van der Waals surface area contributed by atoms with E-state index in [0.29, 0.717) is 16.2 Å². The smallest absolute Gasteiger partial charge is 0.233 e. The van der Waals surface area contributed by atoms with Gasteiger partial charge in [-0.05, 0) is 34.1 Å². The summed E-state index contributed by atoms with van der Waals surface area (Å²) in [4.78, 5) is 4.53. The minimum absolute atomic E-state index is 0.101. The zero-order valence-corrected chi connectivity index (χ0v) is 16.9. The summed E-state index contributed by atoms with van der Waals surface area (Å²) < 4.78 is 28.5. The number of hydrogen-bond acceptors (Lipinski definition) is 5. The monoisotopic (exact) mass is 416 g/mol. The van der Waals surface area contributed by atoms with E-state index in [-0.39, 0.29) is 11.9 Å². The Balaban J connectivity index is 2.18. The summed E-state index contributed by atoms with van der Waals surface area (Å²) in [5.74, 6) is 0. The minimum Gasteiger partial charge on any atom is -0.359 e. The Labute approximate surface area is 146 Å². The largest absolute Gasteiger partial charge is 0.359 e. The molecule has 1 aromatic carbocycles. The average Bonchev–Trinajstić information content (AvgIpc) is 2.85. The Morgan fingerprint density at radius 3 is 2.57 bits per heavy atom. The van der Waals surface area contributed by atoms with Crippen molar-refractivity contribution in [2.75, 3.05) is 6.61 Å². The van der Waals surface area contributed by atoms with Gasteiger partial charge in [0.25, 0.3) is 0 Å². The first-order valence-corrected chi connectivity index (χ1v) is 13.3. The summed E-state index contributed by atoms with van der Waals surface area (Å²) in [5, 5.41) is 4.25. The molecule has 6 nitrogen and oxygen atoms in total. The number of nitrogens with zero attached hydrogens (tertiary/aromatic N) is 3. The molecule has 0 saturated carbocycles. The van der Waals surface area contributed by atoms with Crippen molar-refractivity contribution in [3.8, 4) is 0 Å². The van der Waals surface area contributed by atoms with E-state index in [4.69, 9.17) is 9.52 Å². The van der Waals surface area contributed by atoms with Crippen LogP contribution in [0.15, 0.2) is 45.1 Å². The van der Waals surface area contributed by atoms with Gasteiger partial charge in [-0.1, -0.05) is 37.8 Å². The fraction of sp³-hybridized carbons (Fsp3) is 0.429. The molecule has 0 radical (unpaired) electrons. The lowest BCUT2D eigenvalue weighted by Crippen LogP contribution is -2.22. The predicted octanol–water partition coefficient (Wildman–Crippen LogP) is 3.82. The molecule has 0 aliphatic heterocycles. The molecule has 126 valence electrons. The molecule has 9 heteroatoms. The number of aromatic nitrogens is 3. The van der Waals surface area contributed by atoms with Gasteiger partial charge in [0, 0.05) is 14.7 Å². The molecule has 0 saturated heterocycles. The van der Waals surface area contributed by atoms with Crippen LogP contribution in [0.25, 0.3) is 0 Å². The molecule has 1 unspecified atom stereocenters. The third-order valence-corrected chi connectivity index (χ3v) is 6.95. The van der Waals surface area contributed by atoms with E-state index in [0.717, 1.165) is 6.04 Å². The quantitative estimate of drug-likeness (QED) is 0.549. The molecule has 0 spiro atoms. The van der Waals surface area contributed by atoms with Crippen LogP contribution < -0.4 is 0 Å². The van der Waals surface area contributed by atoms with Gasteiger partial charge in [-0.25, -0.2) is 13.7 Å². The Morgan fingerprint density at radius 1 is 1.30 bits per heavy atom. The van der Waals surface area contributed by atoms with Gasteiger partial charge >= 0.3 is 0 Å². The molecule has 23 heavy (non-hydrogen) atoms. The van der Waals surface area contributed by atoms with Crippen molar-refractivity contribution in [2.45, 2.75) is 42.5 Å². The van der Waals surface area contributed by atoms with Crippen LogP contribution in [-0.4, -0.2) is 33.7 Å². The standard InChI is InChI=1S/C14H21BrN4O2SSi/c1-23(2,3)10-9-21-11-19-14(17-13(15)18-19)22(16,20)12-7-5-4-6-8-12/h4-8,16H,9-11H2,1-3H3. The summed E-state index contributed by atoms with van der Waals surface area (Å²) >= 11 is 3.19. The summed E-state index contributed by atoms with van der Waals surface area (Å²) in [6.07, 6.45) is 0. The van der Waals surface area contributed by atoms with E-state index in [1.54, 1.807) is 24.3 Å². The van der Waals surface area contributed by atoms with Gasteiger partial charge in [0.05, 0.1) is 4.90 Å². The van der Waals surface area contributed by atoms with Crippen LogP contribution in [0.3, 0.4) is 0 Å². The summed E-state index contributed by atoms with van der Waals surface area (Å²) in [6, 6.07) is 9.68. The van der Waals surface area contributed by atoms with Gasteiger partial charge in [-0.2, -0.15) is 4.98 Å². The highest BCUT2D eigenvalue weighted by Gasteiger charge is 2.22. The fourth-order valence-electron chi connectivity index (χ4n) is 1.85. The van der Waals surface area contributed by atoms with Crippen molar-refractivity contribution in [3.63, 3.8) is 0 Å². The van der Waals surface area contributed by atoms with Crippen molar-refractivity contribution >= 4 is 33.7 Å². The highest BCUT2D eigenvalue weighted by molar-refractivity contribution is 9.10. The van der Waals surface area contributed by atoms with Crippen molar-refractivity contribution in [3.05, 3.63) is 35.1 Å². The average molecular weight is 417 g/mol. The number of benzene rings is 1. The highest BCUT2D eigenvalue weighted by Crippen LogP contribution is 2.21. The third-order valence-electron chi connectivity index (χ3n) is 3.15. The van der Waals surface area contributed by atoms with Crippen molar-refractivity contribution in [1.82, 2.24) is 14.8 Å². The van der Waals surface area contributed by atoms with Crippen LogP contribution in [0.4, 0.5) is 0 Å². The zero-order valence-electron chi connectivity index (χ0n) is 13.5. The molecule has 0 fully saturated rings. The lowest BCUT2D eigenvalue weighted by molar-refractivity contribution is 0.0714. The number of hydrogen-bond donors (Lipinski definition) is 1. The normalized spacial score (nSPS) is 14.6. The van der Waals surface area contributed by atoms with Crippen molar-refractivity contribution < 1.29 is 8.95 Å². The van der Waals surface area contributed by atoms with Gasteiger partial charge < -0.3 is 4.74 Å². The first-order valence-electron chi connectivity index (χ1n) is 7.22. The number of rotatable bonds is 7. The predicted molar refractivity (Wildman–Crippen MR) is 95.7 cm³/mol. The van der Waals surface area contributed by atoms with Gasteiger partial charge in [0.1, 0.15) is 16.5 Å². The highest BCUT2D eigenvalue weighted by atomic mass is 79.9. The lowest BCUT2D eigenvalue weighted by atomic mass is 10.4. The first kappa shape index (κ1) is 18.3. The van der Waals surface area contributed by atoms with Gasteiger partial charge in [-0.15, -0.1) is 5.10 Å². The fourth-order valence-corrected chi connectivity index (χ4v) is 4.44. The molecule has 0 bridgehead atoms. The molecule has 1 N–H and O–H groups in total. The zero-order chi connectivity index (χ0) is 17.1. The number of nitrogens with one attached hydrogen (secondary N) is 1. The van der Waals surface area contributed by atoms with E-state index in [1.807, 2.05) is 6.07 Å². The Morgan fingerprint density at radius 2 is 1.96 bits per heavy atom. The Hall–Kier alpha value is -1.03. The van der Waals surface area contributed by atoms with Crippen molar-refractivity contribution in [2.24, 2.45) is 0 Å². The Bertz CT molecular complexity index is 757. The van der Waals surface area contributed by atoms with E-state index in [9.17, 15) is 4.21 Å². The van der Waals surface area contributed by atoms with Crippen LogP contribution in [-0.2, 0) is 21.2 Å². The molecule has 2 rings (SSSR count). The molecule has 2 aromatic rings. The first-order chi connectivity index (χ1) is 10.7. The second-order valence-electron chi connectivity index (χ2n) is 6.38. The summed E-state index contributed by atoms with van der Waals surface area (Å²) in [6.45, 7) is 7.60. The van der Waals surface area contributed by atoms with Crippen LogP contribution in [0.5, 0.6) is 0 Å². The minimum atomic E-state index is -3.23. The molecule has 0 aliphatic rings. The van der Waals surface area contributed by atoms with Crippen LogP contribution in [0.2, 0.25) is 25.7 Å². The van der Waals surface area contributed by atoms with E-state index < -0.39 is 17.8 Å². The molecule has 1 heterocycles. The molecule has 0 aliphatic carbocycles. The molecule has 1 aromatic heterocycles. The van der Waals surface area contributed by atoms with E-state index >= 15 is 0 Å². The molecule has 1 atom stereocenters. The van der Waals surface area contributed by atoms with Crippen LogP contribution in [0.1, 0.15) is 0 Å². The van der Waals surface area contributed by atoms with Gasteiger partial charge in [-0.3, -0.25) is 0 Å². The molecule has 0 amide bonds. The maximum atomic E-state index is 12.9. The second-order valence-corrected chi connectivity index (χ2v) is 14.7. The van der Waals surface area contributed by atoms with E-state index in [2.05, 4.69) is 45.7 Å². The van der Waals surface area contributed by atoms with E-state index in [1.165, 1.54) is 4.68 Å². The third kappa shape index (κ3) is 4.97.